The first-order valence-electron chi connectivity index (χ1n) is 14.6. The Bertz CT molecular complexity index is 1860. The van der Waals surface area contributed by atoms with Crippen LogP contribution in [-0.4, -0.2) is 54.0 Å². The first-order chi connectivity index (χ1) is 20.2. The van der Waals surface area contributed by atoms with E-state index in [4.69, 9.17) is 16.2 Å². The second kappa shape index (κ2) is 8.82. The highest BCUT2D eigenvalue weighted by molar-refractivity contribution is 5.90. The largest absolute Gasteiger partial charge is 0.453 e. The van der Waals surface area contributed by atoms with Gasteiger partial charge in [0, 0.05) is 34.6 Å². The van der Waals surface area contributed by atoms with Gasteiger partial charge in [-0.15, -0.1) is 0 Å². The quantitative estimate of drug-likeness (QED) is 0.337. The molecule has 4 aromatic rings. The Labute approximate surface area is 229 Å². The predicted molar refractivity (Wildman–Crippen MR) is 144 cm³/mol. The van der Waals surface area contributed by atoms with Gasteiger partial charge in [-0.1, -0.05) is 6.92 Å². The van der Waals surface area contributed by atoms with E-state index in [1.807, 2.05) is 19.9 Å². The number of amides is 2. The number of nitrogens with one attached hydrogen (secondary N) is 2. The molecular formula is C26H31N9O4. The summed E-state index contributed by atoms with van der Waals surface area (Å²) in [5, 5.41) is 11.0. The van der Waals surface area contributed by atoms with E-state index in [2.05, 4.69) is 25.5 Å². The fourth-order valence-electron chi connectivity index (χ4n) is 5.67. The summed E-state index contributed by atoms with van der Waals surface area (Å²) < 4.78 is 40.9. The van der Waals surface area contributed by atoms with Gasteiger partial charge in [0.2, 0.25) is 5.91 Å². The van der Waals surface area contributed by atoms with Crippen molar-refractivity contribution < 1.29 is 19.8 Å². The van der Waals surface area contributed by atoms with E-state index in [0.29, 0.717) is 40.1 Å². The van der Waals surface area contributed by atoms with Crippen molar-refractivity contribution in [3.63, 3.8) is 0 Å². The highest BCUT2D eigenvalue weighted by Crippen LogP contribution is 2.50. The number of alkyl carbamates (subject to hydrolysis) is 1. The molecule has 4 heterocycles. The number of hydrogen-bond acceptors (Lipinski definition) is 8. The third kappa shape index (κ3) is 3.82. The van der Waals surface area contributed by atoms with Crippen LogP contribution in [-0.2, 0) is 22.0 Å². The maximum Gasteiger partial charge on any atom is 0.407 e. The third-order valence-electron chi connectivity index (χ3n) is 7.90. The summed E-state index contributed by atoms with van der Waals surface area (Å²) in [4.78, 5) is 46.8. The second-order valence-electron chi connectivity index (χ2n) is 10.2. The van der Waals surface area contributed by atoms with Gasteiger partial charge in [0.25, 0.3) is 0 Å². The molecule has 4 atom stereocenters. The van der Waals surface area contributed by atoms with Crippen molar-refractivity contribution in [1.29, 1.82) is 0 Å². The highest BCUT2D eigenvalue weighted by Gasteiger charge is 2.60. The van der Waals surface area contributed by atoms with Gasteiger partial charge in [-0.2, -0.15) is 5.10 Å². The maximum absolute atomic E-state index is 13.5. The molecule has 0 saturated heterocycles. The smallest absolute Gasteiger partial charge is 0.407 e. The van der Waals surface area contributed by atoms with E-state index in [1.54, 1.807) is 16.8 Å². The Kier molecular flexibility index (Phi) is 4.64. The number of rotatable bonds is 6. The lowest BCUT2D eigenvalue weighted by atomic mass is 10.2. The summed E-state index contributed by atoms with van der Waals surface area (Å²) in [5.74, 6) is 0.199. The molecule has 4 N–H and O–H groups in total. The average Bonchev–Trinajstić information content (AvgIpc) is 3.15. The van der Waals surface area contributed by atoms with Gasteiger partial charge < -0.3 is 21.1 Å². The van der Waals surface area contributed by atoms with Gasteiger partial charge >= 0.3 is 11.8 Å². The van der Waals surface area contributed by atoms with Gasteiger partial charge in [0.1, 0.15) is 17.2 Å². The van der Waals surface area contributed by atoms with Crippen molar-refractivity contribution in [2.75, 3.05) is 12.4 Å². The topological polar surface area (TPSA) is 164 Å². The van der Waals surface area contributed by atoms with Crippen LogP contribution in [0.4, 0.5) is 16.4 Å². The number of fused-ring (bicyclic) bond motifs is 2. The van der Waals surface area contributed by atoms with E-state index in [0.717, 1.165) is 5.39 Å². The van der Waals surface area contributed by atoms with Crippen LogP contribution in [0.15, 0.2) is 29.2 Å². The molecule has 6 rings (SSSR count). The molecule has 13 nitrogen and oxygen atoms in total. The fraction of sp³-hybridized carbons (Fsp3) is 0.462. The minimum atomic E-state index is -2.78. The van der Waals surface area contributed by atoms with Crippen LogP contribution in [0.3, 0.4) is 0 Å². The van der Waals surface area contributed by atoms with Gasteiger partial charge in [-0.05, 0) is 50.7 Å². The van der Waals surface area contributed by atoms with Crippen LogP contribution in [0.5, 0.6) is 0 Å². The maximum atomic E-state index is 13.5. The number of primary amides is 1. The number of ether oxygens (including phenoxy) is 1. The number of imidazole rings is 1. The molecule has 39 heavy (non-hydrogen) atoms. The van der Waals surface area contributed by atoms with E-state index >= 15 is 0 Å². The van der Waals surface area contributed by atoms with E-state index in [1.165, 1.54) is 17.9 Å². The summed E-state index contributed by atoms with van der Waals surface area (Å²) in [6.07, 6.45) is 1.75. The van der Waals surface area contributed by atoms with Gasteiger partial charge in [0.15, 0.2) is 5.65 Å². The lowest BCUT2D eigenvalue weighted by Gasteiger charge is -2.15. The Morgan fingerprint density at radius 1 is 1.28 bits per heavy atom. The number of carbonyl (C=O) groups is 2. The fourth-order valence-corrected chi connectivity index (χ4v) is 5.67. The SMILES string of the molecule is [2H]C([2H])([2H])n1c(=O)n([C@@H]2CC[C@@]([2H])(NC(=O)OC)C2)c2cc(Nc3ccc4c(C)nn([C@@]5(C(N)=O)C[C@@H]5C)c4n3)ncc21. The molecule has 2 amide bonds. The number of aromatic nitrogens is 6. The molecule has 204 valence electrons. The Morgan fingerprint density at radius 3 is 2.77 bits per heavy atom. The summed E-state index contributed by atoms with van der Waals surface area (Å²) in [6.45, 7) is 0.979. The average molecular weight is 538 g/mol. The zero-order valence-electron chi connectivity index (χ0n) is 25.7. The molecule has 13 heteroatoms. The molecule has 2 fully saturated rings. The summed E-state index contributed by atoms with van der Waals surface area (Å²) in [6, 6.07) is 3.15. The minimum absolute atomic E-state index is 0.00912. The number of carbonyl (C=O) groups excluding carboxylic acids is 2. The number of pyridine rings is 2. The number of anilines is 2. The number of nitrogens with zero attached hydrogens (tertiary/aromatic N) is 6. The van der Waals surface area contributed by atoms with Crippen LogP contribution in [0, 0.1) is 12.8 Å². The number of nitrogens with two attached hydrogens (primary N) is 1. The zero-order valence-corrected chi connectivity index (χ0v) is 21.7. The Hall–Kier alpha value is -4.42. The van der Waals surface area contributed by atoms with Crippen molar-refractivity contribution in [2.24, 2.45) is 18.6 Å². The Balaban J connectivity index is 1.40. The van der Waals surface area contributed by atoms with Gasteiger partial charge in [0.05, 0.1) is 31.4 Å². The van der Waals surface area contributed by atoms with Crippen molar-refractivity contribution in [3.8, 4) is 0 Å². The molecule has 0 bridgehead atoms. The molecule has 4 aromatic heterocycles. The van der Waals surface area contributed by atoms with E-state index in [-0.39, 0.29) is 30.1 Å². The van der Waals surface area contributed by atoms with Gasteiger partial charge in [-0.25, -0.2) is 24.2 Å². The van der Waals surface area contributed by atoms with E-state index in [9.17, 15) is 14.4 Å². The number of aryl methyl sites for hydroxylation is 2. The number of hydrogen-bond donors (Lipinski definition) is 3. The predicted octanol–water partition coefficient (Wildman–Crippen LogP) is 2.20. The molecule has 0 aliphatic heterocycles. The summed E-state index contributed by atoms with van der Waals surface area (Å²) in [5.41, 5.74) is 5.63. The highest BCUT2D eigenvalue weighted by atomic mass is 16.5. The van der Waals surface area contributed by atoms with Crippen LogP contribution in [0.2, 0.25) is 0 Å². The summed E-state index contributed by atoms with van der Waals surface area (Å²) in [7, 11) is 1.20. The molecule has 2 saturated carbocycles. The first-order valence-corrected chi connectivity index (χ1v) is 12.6. The summed E-state index contributed by atoms with van der Waals surface area (Å²) >= 11 is 0. The van der Waals surface area contributed by atoms with Gasteiger partial charge in [-0.3, -0.25) is 13.9 Å². The van der Waals surface area contributed by atoms with Crippen molar-refractivity contribution in [3.05, 3.63) is 40.6 Å². The molecule has 0 unspecified atom stereocenters. The van der Waals surface area contributed by atoms with Crippen LogP contribution >= 0.6 is 0 Å². The molecular weight excluding hydrogens is 502 g/mol. The van der Waals surface area contributed by atoms with Crippen molar-refractivity contribution in [2.45, 2.75) is 57.1 Å². The van der Waals surface area contributed by atoms with Crippen molar-refractivity contribution in [1.82, 2.24) is 34.2 Å². The standard InChI is InChI=1S/C26H31N9O4/c1-13-11-26(13,23(27)36)35-22-17(14(2)32-35)7-8-20(31-22)30-21-10-18-19(12-28-21)33(3)25(38)34(18)16-6-5-15(9-16)29-24(37)39-4/h7-8,10,12-13,15-16H,5-6,9,11H2,1-4H3,(H2,27,36)(H,29,37)(H,28,30,31)/t13-,15+,16+,26-/m0/s1/i3D3,15D. The second-order valence-corrected chi connectivity index (χ2v) is 10.2. The molecule has 2 aliphatic carbocycles. The zero-order chi connectivity index (χ0) is 31.1. The Morgan fingerprint density at radius 2 is 2.08 bits per heavy atom. The van der Waals surface area contributed by atoms with Crippen molar-refractivity contribution >= 4 is 45.7 Å². The van der Waals surface area contributed by atoms with Crippen LogP contribution < -0.4 is 22.1 Å². The lowest BCUT2D eigenvalue weighted by Crippen LogP contribution is -2.36. The monoisotopic (exact) mass is 537 g/mol. The molecule has 0 aromatic carbocycles. The van der Waals surface area contributed by atoms with Crippen LogP contribution in [0.25, 0.3) is 22.1 Å². The minimum Gasteiger partial charge on any atom is -0.453 e. The number of methoxy groups -OCH3 is 1. The molecule has 2 aliphatic rings. The third-order valence-corrected chi connectivity index (χ3v) is 7.90. The first kappa shape index (κ1) is 20.5. The lowest BCUT2D eigenvalue weighted by molar-refractivity contribution is -0.123. The normalized spacial score (nSPS) is 28.0. The van der Waals surface area contributed by atoms with E-state index < -0.39 is 42.3 Å². The van der Waals surface area contributed by atoms with Crippen LogP contribution in [0.1, 0.15) is 49.8 Å². The molecule has 0 radical (unpaired) electrons. The molecule has 0 spiro atoms.